The van der Waals surface area contributed by atoms with E-state index in [1.54, 1.807) is 30.5 Å². The molecule has 4 nitrogen and oxygen atoms in total. The average Bonchev–Trinajstić information content (AvgIpc) is 2.51. The van der Waals surface area contributed by atoms with Crippen LogP contribution < -0.4 is 10.5 Å². The van der Waals surface area contributed by atoms with E-state index in [0.29, 0.717) is 32.7 Å². The van der Waals surface area contributed by atoms with Gasteiger partial charge in [0.25, 0.3) is 0 Å². The van der Waals surface area contributed by atoms with Gasteiger partial charge in [-0.25, -0.2) is 0 Å². The Balaban J connectivity index is 2.05. The number of nitrogens with two attached hydrogens (primary N) is 1. The molecular weight excluding hydrogens is 330 g/mol. The Morgan fingerprint density at radius 2 is 2.05 bits per heavy atom. The normalized spacial score (nSPS) is 10.3. The van der Waals surface area contributed by atoms with Crippen molar-refractivity contribution in [2.75, 3.05) is 5.73 Å². The minimum atomic E-state index is 0.561. The highest BCUT2D eigenvalue weighted by Crippen LogP contribution is 2.33. The molecule has 1 heterocycles. The van der Waals surface area contributed by atoms with Crippen molar-refractivity contribution < 1.29 is 4.74 Å². The van der Waals surface area contributed by atoms with Crippen molar-refractivity contribution in [2.24, 2.45) is 0 Å². The van der Waals surface area contributed by atoms with Crippen LogP contribution in [-0.4, -0.2) is 4.98 Å². The van der Waals surface area contributed by atoms with E-state index in [0.717, 1.165) is 5.39 Å². The number of benzene rings is 2. The molecule has 2 aromatic carbocycles. The van der Waals surface area contributed by atoms with Gasteiger partial charge in [0.1, 0.15) is 17.6 Å². The van der Waals surface area contributed by atoms with E-state index in [4.69, 9.17) is 15.7 Å². The lowest BCUT2D eigenvalue weighted by Crippen LogP contribution is -1.92. The van der Waals surface area contributed by atoms with Crippen LogP contribution in [0.1, 0.15) is 5.56 Å². The summed E-state index contributed by atoms with van der Waals surface area (Å²) >= 11 is 3.35. The molecule has 102 valence electrons. The number of pyridine rings is 1. The predicted octanol–water partition coefficient (Wildman–Crippen LogP) is 4.24. The number of aromatic nitrogens is 1. The van der Waals surface area contributed by atoms with Crippen molar-refractivity contribution in [3.63, 3.8) is 0 Å². The molecule has 0 atom stereocenters. The Hall–Kier alpha value is -2.58. The van der Waals surface area contributed by atoms with Crippen LogP contribution in [0.3, 0.4) is 0 Å². The maximum absolute atomic E-state index is 8.93. The van der Waals surface area contributed by atoms with Gasteiger partial charge in [-0.15, -0.1) is 0 Å². The number of halogens is 1. The third-order valence-electron chi connectivity index (χ3n) is 3.05. The standard InChI is InChI=1S/C16H10BrN3O/c17-13-8-11(4-3-10(13)9-18)21-15-6-5-14(19)16-12(15)2-1-7-20-16/h1-8H,19H2. The first kappa shape index (κ1) is 13.4. The molecule has 0 saturated carbocycles. The van der Waals surface area contributed by atoms with Crippen molar-refractivity contribution in [3.8, 4) is 17.6 Å². The second-order valence-electron chi connectivity index (χ2n) is 4.41. The number of nitrogen functional groups attached to an aromatic ring is 1. The number of nitriles is 1. The number of ether oxygens (including phenoxy) is 1. The van der Waals surface area contributed by atoms with Crippen molar-refractivity contribution in [1.82, 2.24) is 4.98 Å². The molecule has 1 aromatic heterocycles. The molecule has 0 bridgehead atoms. The van der Waals surface area contributed by atoms with Crippen LogP contribution in [0.2, 0.25) is 0 Å². The molecule has 21 heavy (non-hydrogen) atoms. The van der Waals surface area contributed by atoms with Crippen LogP contribution in [0.15, 0.2) is 53.1 Å². The molecule has 0 amide bonds. The molecule has 0 aliphatic rings. The fourth-order valence-electron chi connectivity index (χ4n) is 2.03. The molecule has 0 aliphatic heterocycles. The summed E-state index contributed by atoms with van der Waals surface area (Å²) in [4.78, 5) is 4.27. The SMILES string of the molecule is N#Cc1ccc(Oc2ccc(N)c3ncccc23)cc1Br. The van der Waals surface area contributed by atoms with E-state index in [1.807, 2.05) is 18.2 Å². The van der Waals surface area contributed by atoms with E-state index >= 15 is 0 Å². The fraction of sp³-hybridized carbons (Fsp3) is 0. The van der Waals surface area contributed by atoms with Crippen molar-refractivity contribution in [3.05, 3.63) is 58.7 Å². The van der Waals surface area contributed by atoms with Gasteiger partial charge in [-0.1, -0.05) is 0 Å². The third-order valence-corrected chi connectivity index (χ3v) is 3.71. The lowest BCUT2D eigenvalue weighted by atomic mass is 10.1. The smallest absolute Gasteiger partial charge is 0.136 e. The average molecular weight is 340 g/mol. The lowest BCUT2D eigenvalue weighted by molar-refractivity contribution is 0.488. The van der Waals surface area contributed by atoms with Gasteiger partial charge in [-0.05, 0) is 58.4 Å². The van der Waals surface area contributed by atoms with Crippen LogP contribution in [-0.2, 0) is 0 Å². The van der Waals surface area contributed by atoms with Gasteiger partial charge in [0.15, 0.2) is 0 Å². The minimum Gasteiger partial charge on any atom is -0.457 e. The van der Waals surface area contributed by atoms with Crippen LogP contribution in [0, 0.1) is 11.3 Å². The summed E-state index contributed by atoms with van der Waals surface area (Å²) in [6.07, 6.45) is 1.70. The molecule has 0 fully saturated rings. The molecule has 5 heteroatoms. The fourth-order valence-corrected chi connectivity index (χ4v) is 2.48. The van der Waals surface area contributed by atoms with Crippen LogP contribution in [0.25, 0.3) is 10.9 Å². The summed E-state index contributed by atoms with van der Waals surface area (Å²) in [6.45, 7) is 0. The Bertz CT molecular complexity index is 871. The van der Waals surface area contributed by atoms with Gasteiger partial charge in [0, 0.05) is 16.1 Å². The number of rotatable bonds is 2. The van der Waals surface area contributed by atoms with Gasteiger partial charge in [0.2, 0.25) is 0 Å². The summed E-state index contributed by atoms with van der Waals surface area (Å²) in [7, 11) is 0. The summed E-state index contributed by atoms with van der Waals surface area (Å²) in [5.41, 5.74) is 7.80. The number of hydrogen-bond acceptors (Lipinski definition) is 4. The summed E-state index contributed by atoms with van der Waals surface area (Å²) in [6, 6.07) is 14.6. The molecule has 0 radical (unpaired) electrons. The van der Waals surface area contributed by atoms with E-state index in [2.05, 4.69) is 27.0 Å². The Morgan fingerprint density at radius 1 is 1.19 bits per heavy atom. The van der Waals surface area contributed by atoms with Crippen molar-refractivity contribution in [1.29, 1.82) is 5.26 Å². The van der Waals surface area contributed by atoms with Gasteiger partial charge < -0.3 is 10.5 Å². The first-order valence-electron chi connectivity index (χ1n) is 6.20. The zero-order chi connectivity index (χ0) is 14.8. The molecule has 3 aromatic rings. The summed E-state index contributed by atoms with van der Waals surface area (Å²) in [5.74, 6) is 1.31. The first-order valence-corrected chi connectivity index (χ1v) is 6.99. The number of anilines is 1. The molecule has 3 rings (SSSR count). The second-order valence-corrected chi connectivity index (χ2v) is 5.26. The van der Waals surface area contributed by atoms with E-state index < -0.39 is 0 Å². The van der Waals surface area contributed by atoms with E-state index in [-0.39, 0.29) is 0 Å². The maximum atomic E-state index is 8.93. The Kier molecular flexibility index (Phi) is 3.46. The molecule has 0 saturated heterocycles. The van der Waals surface area contributed by atoms with Gasteiger partial charge in [-0.3, -0.25) is 4.98 Å². The van der Waals surface area contributed by atoms with Crippen molar-refractivity contribution >= 4 is 32.5 Å². The summed E-state index contributed by atoms with van der Waals surface area (Å²) in [5, 5.41) is 9.77. The van der Waals surface area contributed by atoms with Gasteiger partial charge >= 0.3 is 0 Å². The van der Waals surface area contributed by atoms with Gasteiger partial charge in [-0.2, -0.15) is 5.26 Å². The molecular formula is C16H10BrN3O. The molecule has 0 aliphatic carbocycles. The first-order chi connectivity index (χ1) is 10.2. The third kappa shape index (κ3) is 2.54. The molecule has 2 N–H and O–H groups in total. The Morgan fingerprint density at radius 3 is 2.81 bits per heavy atom. The van der Waals surface area contributed by atoms with Crippen LogP contribution in [0.5, 0.6) is 11.5 Å². The maximum Gasteiger partial charge on any atom is 0.136 e. The number of hydrogen-bond donors (Lipinski definition) is 1. The quantitative estimate of drug-likeness (QED) is 0.708. The lowest BCUT2D eigenvalue weighted by Gasteiger charge is -2.10. The summed E-state index contributed by atoms with van der Waals surface area (Å²) < 4.78 is 6.59. The van der Waals surface area contributed by atoms with E-state index in [1.165, 1.54) is 0 Å². The highest BCUT2D eigenvalue weighted by Gasteiger charge is 2.08. The molecule has 0 spiro atoms. The topological polar surface area (TPSA) is 71.9 Å². The molecule has 0 unspecified atom stereocenters. The van der Waals surface area contributed by atoms with Crippen LogP contribution >= 0.6 is 15.9 Å². The predicted molar refractivity (Wildman–Crippen MR) is 85.1 cm³/mol. The zero-order valence-electron chi connectivity index (χ0n) is 10.9. The zero-order valence-corrected chi connectivity index (χ0v) is 12.5. The Labute approximate surface area is 129 Å². The van der Waals surface area contributed by atoms with Gasteiger partial charge in [0.05, 0.1) is 16.8 Å². The van der Waals surface area contributed by atoms with E-state index in [9.17, 15) is 0 Å². The minimum absolute atomic E-state index is 0.561. The largest absolute Gasteiger partial charge is 0.457 e. The monoisotopic (exact) mass is 339 g/mol. The van der Waals surface area contributed by atoms with Crippen LogP contribution in [0.4, 0.5) is 5.69 Å². The van der Waals surface area contributed by atoms with Crippen molar-refractivity contribution in [2.45, 2.75) is 0 Å². The number of nitrogens with zero attached hydrogens (tertiary/aromatic N) is 2. The number of fused-ring (bicyclic) bond motifs is 1. The second kappa shape index (κ2) is 5.43. The highest BCUT2D eigenvalue weighted by atomic mass is 79.9. The highest BCUT2D eigenvalue weighted by molar-refractivity contribution is 9.10.